The molecule has 1 aliphatic heterocycles. The third-order valence-electron chi connectivity index (χ3n) is 5.62. The summed E-state index contributed by atoms with van der Waals surface area (Å²) in [4.78, 5) is 11.5. The van der Waals surface area contributed by atoms with Crippen LogP contribution in [0.1, 0.15) is 54.7 Å². The summed E-state index contributed by atoms with van der Waals surface area (Å²) in [6.07, 6.45) is 6.82. The van der Waals surface area contributed by atoms with Crippen molar-refractivity contribution in [3.05, 3.63) is 53.0 Å². The van der Waals surface area contributed by atoms with E-state index in [1.165, 1.54) is 42.5 Å². The van der Waals surface area contributed by atoms with Crippen LogP contribution in [0.4, 0.5) is 0 Å². The van der Waals surface area contributed by atoms with E-state index in [0.29, 0.717) is 0 Å². The van der Waals surface area contributed by atoms with E-state index >= 15 is 0 Å². The third-order valence-corrected chi connectivity index (χ3v) is 5.62. The fraction of sp³-hybridized carbons (Fsp3) is 0.524. The smallest absolute Gasteiger partial charge is 0.221 e. The van der Waals surface area contributed by atoms with Crippen molar-refractivity contribution in [2.45, 2.75) is 52.2 Å². The zero-order chi connectivity index (χ0) is 17.2. The number of aryl methyl sites for hydroxylation is 1. The van der Waals surface area contributed by atoms with E-state index in [-0.39, 0.29) is 6.10 Å². The van der Waals surface area contributed by atoms with Crippen molar-refractivity contribution in [1.82, 2.24) is 14.9 Å². The van der Waals surface area contributed by atoms with Gasteiger partial charge in [-0.15, -0.1) is 0 Å². The Labute approximate surface area is 150 Å². The lowest BCUT2D eigenvalue weighted by molar-refractivity contribution is 0.156. The Hall–Kier alpha value is -1.94. The van der Waals surface area contributed by atoms with Crippen molar-refractivity contribution in [3.8, 4) is 5.88 Å². The molecule has 132 valence electrons. The van der Waals surface area contributed by atoms with Gasteiger partial charge in [0, 0.05) is 31.6 Å². The molecule has 4 rings (SSSR count). The second-order valence-corrected chi connectivity index (χ2v) is 7.56. The van der Waals surface area contributed by atoms with E-state index in [9.17, 15) is 0 Å². The first kappa shape index (κ1) is 16.5. The van der Waals surface area contributed by atoms with Gasteiger partial charge in [0.2, 0.25) is 5.88 Å². The number of nitrogens with zero attached hydrogens (tertiary/aromatic N) is 3. The maximum Gasteiger partial charge on any atom is 0.221 e. The molecule has 1 saturated carbocycles. The first-order valence-corrected chi connectivity index (χ1v) is 9.47. The van der Waals surface area contributed by atoms with Crippen LogP contribution in [0.5, 0.6) is 5.88 Å². The maximum atomic E-state index is 6.25. The number of rotatable bonds is 5. The van der Waals surface area contributed by atoms with Crippen LogP contribution in [0.2, 0.25) is 0 Å². The minimum absolute atomic E-state index is 0.0124. The van der Waals surface area contributed by atoms with Crippen LogP contribution in [0.25, 0.3) is 0 Å². The molecule has 0 radical (unpaired) electrons. The lowest BCUT2D eigenvalue weighted by atomic mass is 9.84. The highest BCUT2D eigenvalue weighted by molar-refractivity contribution is 5.33. The number of benzene rings is 1. The maximum absolute atomic E-state index is 6.25. The molecule has 1 unspecified atom stereocenters. The van der Waals surface area contributed by atoms with Gasteiger partial charge in [-0.3, -0.25) is 4.90 Å². The standard InChI is InChI=1S/C21H27N3O/c1-15-6-8-18(9-7-15)16(2)25-21-19-13-24(12-17-4-3-5-17)11-10-20(19)22-14-23-21/h6-9,14,16-17H,3-5,10-13H2,1-2H3. The summed E-state index contributed by atoms with van der Waals surface area (Å²) in [7, 11) is 0. The van der Waals surface area contributed by atoms with Crippen LogP contribution in [0, 0.1) is 12.8 Å². The Kier molecular flexibility index (Phi) is 4.71. The molecule has 1 fully saturated rings. The zero-order valence-corrected chi connectivity index (χ0v) is 15.2. The van der Waals surface area contributed by atoms with Crippen LogP contribution in [-0.2, 0) is 13.0 Å². The molecule has 0 spiro atoms. The Morgan fingerprint density at radius 3 is 2.72 bits per heavy atom. The number of hydrogen-bond donors (Lipinski definition) is 0. The molecule has 0 amide bonds. The average molecular weight is 337 g/mol. The summed E-state index contributed by atoms with van der Waals surface area (Å²) in [6.45, 7) is 7.43. The Morgan fingerprint density at radius 1 is 1.20 bits per heavy atom. The van der Waals surface area contributed by atoms with E-state index < -0.39 is 0 Å². The van der Waals surface area contributed by atoms with Gasteiger partial charge in [0.25, 0.3) is 0 Å². The monoisotopic (exact) mass is 337 g/mol. The van der Waals surface area contributed by atoms with Crippen molar-refractivity contribution in [1.29, 1.82) is 0 Å². The van der Waals surface area contributed by atoms with Gasteiger partial charge in [-0.2, -0.15) is 0 Å². The second-order valence-electron chi connectivity index (χ2n) is 7.56. The molecule has 0 N–H and O–H groups in total. The molecule has 2 aliphatic rings. The first-order valence-electron chi connectivity index (χ1n) is 9.47. The van der Waals surface area contributed by atoms with Crippen molar-refractivity contribution in [3.63, 3.8) is 0 Å². The summed E-state index contributed by atoms with van der Waals surface area (Å²) < 4.78 is 6.25. The first-order chi connectivity index (χ1) is 12.2. The largest absolute Gasteiger partial charge is 0.469 e. The molecular formula is C21H27N3O. The molecule has 2 heterocycles. The molecule has 4 nitrogen and oxygen atoms in total. The predicted octanol–water partition coefficient (Wildman–Crippen LogP) is 4.08. The number of aromatic nitrogens is 2. The lowest BCUT2D eigenvalue weighted by Gasteiger charge is -2.35. The predicted molar refractivity (Wildman–Crippen MR) is 98.6 cm³/mol. The van der Waals surface area contributed by atoms with E-state index in [1.807, 2.05) is 0 Å². The number of hydrogen-bond acceptors (Lipinski definition) is 4. The third kappa shape index (κ3) is 3.69. The van der Waals surface area contributed by atoms with E-state index in [4.69, 9.17) is 4.74 Å². The van der Waals surface area contributed by atoms with Crippen molar-refractivity contribution in [2.75, 3.05) is 13.1 Å². The molecule has 1 aromatic heterocycles. The van der Waals surface area contributed by atoms with Gasteiger partial charge in [0.05, 0.1) is 5.69 Å². The Morgan fingerprint density at radius 2 is 2.00 bits per heavy atom. The normalized spacial score (nSPS) is 19.1. The summed E-state index contributed by atoms with van der Waals surface area (Å²) in [5.74, 6) is 1.65. The van der Waals surface area contributed by atoms with E-state index in [0.717, 1.165) is 37.0 Å². The Balaban J connectivity index is 1.49. The summed E-state index contributed by atoms with van der Waals surface area (Å²) >= 11 is 0. The highest BCUT2D eigenvalue weighted by Crippen LogP contribution is 2.32. The molecule has 25 heavy (non-hydrogen) atoms. The molecule has 4 heteroatoms. The second kappa shape index (κ2) is 7.12. The van der Waals surface area contributed by atoms with Crippen LogP contribution >= 0.6 is 0 Å². The van der Waals surface area contributed by atoms with Gasteiger partial charge in [0.1, 0.15) is 12.4 Å². The lowest BCUT2D eigenvalue weighted by Crippen LogP contribution is -2.37. The summed E-state index contributed by atoms with van der Waals surface area (Å²) in [6, 6.07) is 8.53. The van der Waals surface area contributed by atoms with Crippen LogP contribution < -0.4 is 4.74 Å². The average Bonchev–Trinajstić information content (AvgIpc) is 2.59. The number of ether oxygens (including phenoxy) is 1. The molecule has 1 aliphatic carbocycles. The SMILES string of the molecule is Cc1ccc(C(C)Oc2ncnc3c2CN(CC2CCC2)CC3)cc1. The topological polar surface area (TPSA) is 38.3 Å². The molecule has 0 saturated heterocycles. The van der Waals surface area contributed by atoms with Gasteiger partial charge >= 0.3 is 0 Å². The Bertz CT molecular complexity index is 724. The molecule has 2 aromatic rings. The minimum Gasteiger partial charge on any atom is -0.469 e. The highest BCUT2D eigenvalue weighted by Gasteiger charge is 2.26. The van der Waals surface area contributed by atoms with Crippen LogP contribution in [0.15, 0.2) is 30.6 Å². The van der Waals surface area contributed by atoms with Crippen LogP contribution in [-0.4, -0.2) is 28.0 Å². The fourth-order valence-electron chi connectivity index (χ4n) is 3.74. The van der Waals surface area contributed by atoms with E-state index in [2.05, 4.69) is 53.0 Å². The van der Waals surface area contributed by atoms with E-state index in [1.54, 1.807) is 6.33 Å². The van der Waals surface area contributed by atoms with Gasteiger partial charge < -0.3 is 4.74 Å². The molecule has 0 bridgehead atoms. The highest BCUT2D eigenvalue weighted by atomic mass is 16.5. The van der Waals surface area contributed by atoms with Crippen molar-refractivity contribution in [2.24, 2.45) is 5.92 Å². The van der Waals surface area contributed by atoms with Gasteiger partial charge in [0.15, 0.2) is 0 Å². The van der Waals surface area contributed by atoms with Gasteiger partial charge in [-0.1, -0.05) is 36.2 Å². The van der Waals surface area contributed by atoms with Gasteiger partial charge in [-0.25, -0.2) is 9.97 Å². The fourth-order valence-corrected chi connectivity index (χ4v) is 3.74. The van der Waals surface area contributed by atoms with Crippen molar-refractivity contribution >= 4 is 0 Å². The summed E-state index contributed by atoms with van der Waals surface area (Å²) in [5, 5.41) is 0. The summed E-state index contributed by atoms with van der Waals surface area (Å²) in [5.41, 5.74) is 4.79. The van der Waals surface area contributed by atoms with Gasteiger partial charge in [-0.05, 0) is 38.2 Å². The van der Waals surface area contributed by atoms with Crippen LogP contribution in [0.3, 0.4) is 0 Å². The quantitative estimate of drug-likeness (QED) is 0.824. The number of fused-ring (bicyclic) bond motifs is 1. The molecular weight excluding hydrogens is 310 g/mol. The molecule has 1 atom stereocenters. The minimum atomic E-state index is -0.0124. The molecule has 1 aromatic carbocycles. The zero-order valence-electron chi connectivity index (χ0n) is 15.2. The van der Waals surface area contributed by atoms with Crippen molar-refractivity contribution < 1.29 is 4.74 Å².